The topological polar surface area (TPSA) is 160 Å². The Morgan fingerprint density at radius 2 is 1.71 bits per heavy atom. The Kier molecular flexibility index (Phi) is 12.0. The smallest absolute Gasteiger partial charge is 0.408 e. The number of amides is 4. The zero-order valence-corrected chi connectivity index (χ0v) is 24.7. The molecule has 0 aliphatic heterocycles. The van der Waals surface area contributed by atoms with Crippen molar-refractivity contribution >= 4 is 29.5 Å². The van der Waals surface area contributed by atoms with Crippen molar-refractivity contribution in [1.29, 1.82) is 0 Å². The Hall–Kier alpha value is -4.28. The number of nitrogens with one attached hydrogen (secondary N) is 2. The van der Waals surface area contributed by atoms with E-state index in [9.17, 15) is 24.3 Å². The first kappa shape index (κ1) is 32.9. The Bertz CT molecular complexity index is 1210. The van der Waals surface area contributed by atoms with Crippen LogP contribution in [-0.4, -0.2) is 59.1 Å². The van der Waals surface area contributed by atoms with Gasteiger partial charge in [0.25, 0.3) is 5.91 Å². The van der Waals surface area contributed by atoms with Crippen LogP contribution in [0.5, 0.6) is 11.5 Å². The molecule has 224 valence electrons. The van der Waals surface area contributed by atoms with E-state index in [2.05, 4.69) is 10.6 Å². The molecule has 0 aliphatic carbocycles. The SMILES string of the molecule is CCCCCN(C(=O)C(CC(N)=O)NC(=O)OC(C)(C)C)C(C(=O)Nc1ccc(OC)cc1)c1ccc(O)c(C)c1. The van der Waals surface area contributed by atoms with Gasteiger partial charge in [-0.25, -0.2) is 4.79 Å². The highest BCUT2D eigenvalue weighted by molar-refractivity contribution is 5.99. The molecule has 0 saturated carbocycles. The number of anilines is 1. The third kappa shape index (κ3) is 10.3. The third-order valence-corrected chi connectivity index (χ3v) is 6.13. The van der Waals surface area contributed by atoms with E-state index in [-0.39, 0.29) is 12.3 Å². The lowest BCUT2D eigenvalue weighted by Gasteiger charge is -2.34. The fourth-order valence-electron chi connectivity index (χ4n) is 4.16. The molecule has 0 saturated heterocycles. The first-order valence-electron chi connectivity index (χ1n) is 13.6. The van der Waals surface area contributed by atoms with Gasteiger partial charge < -0.3 is 35.8 Å². The van der Waals surface area contributed by atoms with Crippen molar-refractivity contribution in [3.05, 3.63) is 53.6 Å². The second-order valence-corrected chi connectivity index (χ2v) is 10.8. The molecule has 0 aromatic heterocycles. The van der Waals surface area contributed by atoms with Gasteiger partial charge in [-0.05, 0) is 81.6 Å². The van der Waals surface area contributed by atoms with Gasteiger partial charge in [0.05, 0.1) is 13.5 Å². The normalized spacial score (nSPS) is 12.5. The first-order chi connectivity index (χ1) is 19.2. The molecule has 11 heteroatoms. The number of primary amides is 1. The predicted octanol–water partition coefficient (Wildman–Crippen LogP) is 4.18. The number of hydrogen-bond donors (Lipinski definition) is 4. The summed E-state index contributed by atoms with van der Waals surface area (Å²) < 4.78 is 10.5. The van der Waals surface area contributed by atoms with Crippen LogP contribution in [0.3, 0.4) is 0 Å². The van der Waals surface area contributed by atoms with Crippen molar-refractivity contribution in [2.75, 3.05) is 19.0 Å². The zero-order chi connectivity index (χ0) is 30.7. The predicted molar refractivity (Wildman–Crippen MR) is 155 cm³/mol. The number of rotatable bonds is 13. The third-order valence-electron chi connectivity index (χ3n) is 6.13. The largest absolute Gasteiger partial charge is 0.508 e. The summed E-state index contributed by atoms with van der Waals surface area (Å²) in [5, 5.41) is 15.5. The molecule has 4 amide bonds. The van der Waals surface area contributed by atoms with E-state index in [4.69, 9.17) is 15.2 Å². The molecule has 11 nitrogen and oxygen atoms in total. The van der Waals surface area contributed by atoms with Gasteiger partial charge in [0.15, 0.2) is 0 Å². The number of phenols is 1. The highest BCUT2D eigenvalue weighted by Crippen LogP contribution is 2.29. The minimum Gasteiger partial charge on any atom is -0.508 e. The van der Waals surface area contributed by atoms with Gasteiger partial charge in [0.1, 0.15) is 29.2 Å². The fraction of sp³-hybridized carbons (Fsp3) is 0.467. The van der Waals surface area contributed by atoms with Gasteiger partial charge >= 0.3 is 6.09 Å². The van der Waals surface area contributed by atoms with E-state index in [1.165, 1.54) is 18.1 Å². The summed E-state index contributed by atoms with van der Waals surface area (Å²) >= 11 is 0. The summed E-state index contributed by atoms with van der Waals surface area (Å²) in [6.45, 7) is 8.84. The number of unbranched alkanes of at least 4 members (excludes halogenated alkanes) is 2. The van der Waals surface area contributed by atoms with Crippen molar-refractivity contribution in [2.24, 2.45) is 5.73 Å². The number of ether oxygens (including phenoxy) is 2. The molecule has 0 bridgehead atoms. The van der Waals surface area contributed by atoms with E-state index in [1.54, 1.807) is 64.1 Å². The second-order valence-electron chi connectivity index (χ2n) is 10.8. The molecular weight excluding hydrogens is 528 g/mol. The van der Waals surface area contributed by atoms with Gasteiger partial charge in [-0.1, -0.05) is 25.8 Å². The number of nitrogens with two attached hydrogens (primary N) is 1. The lowest BCUT2D eigenvalue weighted by molar-refractivity contribution is -0.142. The number of aryl methyl sites for hydroxylation is 1. The van der Waals surface area contributed by atoms with Crippen molar-refractivity contribution in [3.8, 4) is 11.5 Å². The summed E-state index contributed by atoms with van der Waals surface area (Å²) in [4.78, 5) is 53.9. The van der Waals surface area contributed by atoms with Crippen molar-refractivity contribution in [3.63, 3.8) is 0 Å². The van der Waals surface area contributed by atoms with E-state index >= 15 is 0 Å². The summed E-state index contributed by atoms with van der Waals surface area (Å²) in [7, 11) is 1.53. The number of aromatic hydroxyl groups is 1. The van der Waals surface area contributed by atoms with Crippen LogP contribution in [0.1, 0.15) is 70.5 Å². The van der Waals surface area contributed by atoms with E-state index in [1.807, 2.05) is 6.92 Å². The van der Waals surface area contributed by atoms with Gasteiger partial charge in [-0.3, -0.25) is 14.4 Å². The number of benzene rings is 2. The maximum Gasteiger partial charge on any atom is 0.408 e. The van der Waals surface area contributed by atoms with Crippen LogP contribution in [0.25, 0.3) is 0 Å². The first-order valence-corrected chi connectivity index (χ1v) is 13.6. The monoisotopic (exact) mass is 570 g/mol. The van der Waals surface area contributed by atoms with E-state index in [0.29, 0.717) is 29.0 Å². The average molecular weight is 571 g/mol. The molecule has 5 N–H and O–H groups in total. The molecule has 0 spiro atoms. The number of methoxy groups -OCH3 is 1. The zero-order valence-electron chi connectivity index (χ0n) is 24.7. The molecule has 0 aliphatic rings. The lowest BCUT2D eigenvalue weighted by Crippen LogP contribution is -2.53. The molecule has 2 aromatic rings. The quantitative estimate of drug-likeness (QED) is 0.263. The summed E-state index contributed by atoms with van der Waals surface area (Å²) in [6.07, 6.45) is 0.783. The second kappa shape index (κ2) is 14.9. The molecule has 2 aromatic carbocycles. The number of carbonyl (C=O) groups is 4. The number of carbonyl (C=O) groups excluding carboxylic acids is 4. The van der Waals surface area contributed by atoms with Gasteiger partial charge in [-0.2, -0.15) is 0 Å². The minimum atomic E-state index is -1.38. The van der Waals surface area contributed by atoms with Crippen LogP contribution in [0.4, 0.5) is 10.5 Å². The Labute approximate surface area is 241 Å². The lowest BCUT2D eigenvalue weighted by atomic mass is 9.99. The van der Waals surface area contributed by atoms with Crippen molar-refractivity contribution < 1.29 is 33.8 Å². The molecule has 2 atom stereocenters. The van der Waals surface area contributed by atoms with Crippen LogP contribution in [0, 0.1) is 6.92 Å². The number of phenolic OH excluding ortho intramolecular Hbond substituents is 1. The number of alkyl carbamates (subject to hydrolysis) is 1. The van der Waals surface area contributed by atoms with Crippen LogP contribution >= 0.6 is 0 Å². The molecule has 0 heterocycles. The van der Waals surface area contributed by atoms with Gasteiger partial charge in [0, 0.05) is 12.2 Å². The van der Waals surface area contributed by atoms with Crippen molar-refractivity contribution in [2.45, 2.75) is 78.0 Å². The van der Waals surface area contributed by atoms with E-state index in [0.717, 1.165) is 12.8 Å². The highest BCUT2D eigenvalue weighted by atomic mass is 16.6. The summed E-state index contributed by atoms with van der Waals surface area (Å²) in [5.74, 6) is -1.38. The number of nitrogens with zero attached hydrogens (tertiary/aromatic N) is 1. The number of hydrogen-bond acceptors (Lipinski definition) is 7. The standard InChI is InChI=1S/C30H42N4O7/c1-7-8-9-16-34(28(38)23(18-25(31)36)33-29(39)41-30(3,4)5)26(20-10-15-24(35)19(2)17-20)27(37)32-21-11-13-22(40-6)14-12-21/h10-15,17,23,26,35H,7-9,16,18H2,1-6H3,(H2,31,36)(H,32,37)(H,33,39). The van der Waals surface area contributed by atoms with E-state index < -0.39 is 47.9 Å². The highest BCUT2D eigenvalue weighted by Gasteiger charge is 2.37. The molecule has 0 fully saturated rings. The Morgan fingerprint density at radius 3 is 2.24 bits per heavy atom. The minimum absolute atomic E-state index is 0.0325. The van der Waals surface area contributed by atoms with Crippen molar-refractivity contribution in [1.82, 2.24) is 10.2 Å². The average Bonchev–Trinajstić information content (AvgIpc) is 2.88. The molecular formula is C30H42N4O7. The fourth-order valence-corrected chi connectivity index (χ4v) is 4.16. The van der Waals surface area contributed by atoms with Crippen LogP contribution in [-0.2, 0) is 19.1 Å². The summed E-state index contributed by atoms with van der Waals surface area (Å²) in [6, 6.07) is 8.80. The molecule has 0 radical (unpaired) electrons. The van der Waals surface area contributed by atoms with Crippen LogP contribution in [0.15, 0.2) is 42.5 Å². The van der Waals surface area contributed by atoms with Gasteiger partial charge in [0.2, 0.25) is 11.8 Å². The Morgan fingerprint density at radius 1 is 1.05 bits per heavy atom. The Balaban J connectivity index is 2.57. The molecule has 2 unspecified atom stereocenters. The summed E-state index contributed by atoms with van der Waals surface area (Å²) in [5.41, 5.74) is 6.01. The molecule has 41 heavy (non-hydrogen) atoms. The van der Waals surface area contributed by atoms with Crippen LogP contribution < -0.4 is 21.1 Å². The maximum atomic E-state index is 14.1. The van der Waals surface area contributed by atoms with Crippen LogP contribution in [0.2, 0.25) is 0 Å². The maximum absolute atomic E-state index is 14.1. The molecule has 2 rings (SSSR count). The van der Waals surface area contributed by atoms with Gasteiger partial charge in [-0.15, -0.1) is 0 Å².